The Labute approximate surface area is 104 Å². The second-order valence-corrected chi connectivity index (χ2v) is 6.49. The molecule has 2 heterocycles. The number of rotatable bonds is 3. The molecule has 2 aromatic heterocycles. The minimum absolute atomic E-state index is 0.139. The minimum atomic E-state index is 0.139. The van der Waals surface area contributed by atoms with Gasteiger partial charge in [0, 0.05) is 11.1 Å². The Kier molecular flexibility index (Phi) is 3.33. The number of hydrogen-bond donors (Lipinski definition) is 0. The summed E-state index contributed by atoms with van der Waals surface area (Å²) >= 11 is 6.35. The highest BCUT2D eigenvalue weighted by Crippen LogP contribution is 2.23. The van der Waals surface area contributed by atoms with E-state index in [9.17, 15) is 4.79 Å². The van der Waals surface area contributed by atoms with E-state index < -0.39 is 0 Å². The number of ketones is 1. The van der Waals surface area contributed by atoms with Gasteiger partial charge in [-0.05, 0) is 35.0 Å². The zero-order valence-electron chi connectivity index (χ0n) is 7.99. The Morgan fingerprint density at radius 3 is 2.87 bits per heavy atom. The topological polar surface area (TPSA) is 30.0 Å². The number of Topliss-reactive ketones (excluding diaryl/α,β-unsaturated/α-hetero) is 1. The van der Waals surface area contributed by atoms with Gasteiger partial charge in [-0.15, -0.1) is 22.7 Å². The first-order valence-electron chi connectivity index (χ1n) is 4.34. The van der Waals surface area contributed by atoms with Crippen molar-refractivity contribution in [3.8, 4) is 0 Å². The summed E-state index contributed by atoms with van der Waals surface area (Å²) in [6.07, 6.45) is 0.408. The molecule has 0 saturated heterocycles. The van der Waals surface area contributed by atoms with Gasteiger partial charge in [0.2, 0.25) is 0 Å². The zero-order valence-corrected chi connectivity index (χ0v) is 11.2. The first-order valence-corrected chi connectivity index (χ1v) is 6.83. The molecule has 78 valence electrons. The van der Waals surface area contributed by atoms with E-state index in [0.717, 1.165) is 19.4 Å². The third-order valence-corrected chi connectivity index (χ3v) is 4.46. The molecule has 0 aliphatic rings. The molecular weight excluding hydrogens is 294 g/mol. The van der Waals surface area contributed by atoms with Crippen LogP contribution in [0.3, 0.4) is 0 Å². The van der Waals surface area contributed by atoms with Crippen molar-refractivity contribution in [2.75, 3.05) is 0 Å². The van der Waals surface area contributed by atoms with Gasteiger partial charge in [0.15, 0.2) is 5.78 Å². The number of aromatic nitrogens is 1. The van der Waals surface area contributed by atoms with Crippen LogP contribution in [0, 0.1) is 6.92 Å². The molecule has 0 saturated carbocycles. The largest absolute Gasteiger partial charge is 0.293 e. The molecule has 0 unspecified atom stereocenters. The molecule has 0 aliphatic carbocycles. The Hall–Kier alpha value is -0.520. The molecule has 0 fully saturated rings. The van der Waals surface area contributed by atoms with Gasteiger partial charge in [-0.3, -0.25) is 4.79 Å². The van der Waals surface area contributed by atoms with E-state index in [4.69, 9.17) is 0 Å². The van der Waals surface area contributed by atoms with Crippen molar-refractivity contribution < 1.29 is 4.79 Å². The molecule has 0 atom stereocenters. The quantitative estimate of drug-likeness (QED) is 0.809. The van der Waals surface area contributed by atoms with E-state index in [-0.39, 0.29) is 5.78 Å². The maximum atomic E-state index is 11.8. The van der Waals surface area contributed by atoms with Gasteiger partial charge in [0.05, 0.1) is 15.1 Å². The average molecular weight is 302 g/mol. The highest BCUT2D eigenvalue weighted by Gasteiger charge is 2.11. The van der Waals surface area contributed by atoms with E-state index >= 15 is 0 Å². The van der Waals surface area contributed by atoms with Crippen LogP contribution in [0.25, 0.3) is 0 Å². The number of thiazole rings is 1. The van der Waals surface area contributed by atoms with Crippen molar-refractivity contribution in [2.24, 2.45) is 0 Å². The standard InChI is InChI=1S/C10H8BrNOS2/c1-6-5-14-10(12-6)4-7(13)8-2-3-9(11)15-8/h2-3,5H,4H2,1H3. The second kappa shape index (κ2) is 4.55. The lowest BCUT2D eigenvalue weighted by atomic mass is 10.2. The Morgan fingerprint density at radius 1 is 1.53 bits per heavy atom. The third kappa shape index (κ3) is 2.74. The first kappa shape index (κ1) is 11.0. The number of halogens is 1. The first-order chi connectivity index (χ1) is 7.15. The van der Waals surface area contributed by atoms with Gasteiger partial charge < -0.3 is 0 Å². The molecule has 0 spiro atoms. The number of thiophene rings is 1. The molecule has 0 bridgehead atoms. The monoisotopic (exact) mass is 301 g/mol. The van der Waals surface area contributed by atoms with E-state index in [1.807, 2.05) is 24.4 Å². The lowest BCUT2D eigenvalue weighted by Gasteiger charge is -1.92. The summed E-state index contributed by atoms with van der Waals surface area (Å²) in [7, 11) is 0. The predicted molar refractivity (Wildman–Crippen MR) is 66.9 cm³/mol. The van der Waals surface area contributed by atoms with Gasteiger partial charge in [-0.1, -0.05) is 0 Å². The Morgan fingerprint density at radius 2 is 2.33 bits per heavy atom. The van der Waals surface area contributed by atoms with Crippen LogP contribution in [0.1, 0.15) is 20.4 Å². The number of carbonyl (C=O) groups is 1. The minimum Gasteiger partial charge on any atom is -0.293 e. The summed E-state index contributed by atoms with van der Waals surface area (Å²) in [6.45, 7) is 1.94. The SMILES string of the molecule is Cc1csc(CC(=O)c2ccc(Br)s2)n1. The molecule has 5 heteroatoms. The van der Waals surface area contributed by atoms with Crippen LogP contribution in [0.15, 0.2) is 21.3 Å². The van der Waals surface area contributed by atoms with E-state index in [1.54, 1.807) is 11.3 Å². The van der Waals surface area contributed by atoms with Crippen LogP contribution >= 0.6 is 38.6 Å². The predicted octanol–water partition coefficient (Wildman–Crippen LogP) is 3.70. The highest BCUT2D eigenvalue weighted by atomic mass is 79.9. The fraction of sp³-hybridized carbons (Fsp3) is 0.200. The Balaban J connectivity index is 2.10. The molecule has 0 aliphatic heterocycles. The summed E-state index contributed by atoms with van der Waals surface area (Å²) < 4.78 is 0.987. The fourth-order valence-electron chi connectivity index (χ4n) is 1.17. The maximum Gasteiger partial charge on any atom is 0.179 e. The smallest absolute Gasteiger partial charge is 0.179 e. The average Bonchev–Trinajstić information content (AvgIpc) is 2.75. The summed E-state index contributed by atoms with van der Waals surface area (Å²) in [6, 6.07) is 3.74. The summed E-state index contributed by atoms with van der Waals surface area (Å²) in [5.74, 6) is 0.139. The van der Waals surface area contributed by atoms with Gasteiger partial charge in [-0.25, -0.2) is 4.98 Å². The van der Waals surface area contributed by atoms with Crippen molar-refractivity contribution in [1.29, 1.82) is 0 Å². The van der Waals surface area contributed by atoms with Crippen molar-refractivity contribution in [1.82, 2.24) is 4.98 Å². The lowest BCUT2D eigenvalue weighted by Crippen LogP contribution is -2.00. The van der Waals surface area contributed by atoms with Gasteiger partial charge >= 0.3 is 0 Å². The van der Waals surface area contributed by atoms with Crippen molar-refractivity contribution in [3.05, 3.63) is 36.9 Å². The number of nitrogens with zero attached hydrogens (tertiary/aromatic N) is 1. The van der Waals surface area contributed by atoms with Crippen molar-refractivity contribution in [3.63, 3.8) is 0 Å². The van der Waals surface area contributed by atoms with Crippen LogP contribution in [0.4, 0.5) is 0 Å². The summed E-state index contributed by atoms with van der Waals surface area (Å²) in [5.41, 5.74) is 0.982. The molecule has 0 radical (unpaired) electrons. The highest BCUT2D eigenvalue weighted by molar-refractivity contribution is 9.11. The normalized spacial score (nSPS) is 10.5. The Bertz CT molecular complexity index is 489. The third-order valence-electron chi connectivity index (χ3n) is 1.83. The summed E-state index contributed by atoms with van der Waals surface area (Å²) in [4.78, 5) is 16.9. The van der Waals surface area contributed by atoms with Crippen molar-refractivity contribution >= 4 is 44.4 Å². The number of hydrogen-bond acceptors (Lipinski definition) is 4. The van der Waals surface area contributed by atoms with E-state index in [0.29, 0.717) is 6.42 Å². The molecule has 2 rings (SSSR count). The molecule has 0 amide bonds. The molecule has 2 aromatic rings. The zero-order chi connectivity index (χ0) is 10.8. The van der Waals surface area contributed by atoms with Crippen molar-refractivity contribution in [2.45, 2.75) is 13.3 Å². The lowest BCUT2D eigenvalue weighted by molar-refractivity contribution is 0.0997. The number of carbonyl (C=O) groups excluding carboxylic acids is 1. The summed E-state index contributed by atoms with van der Waals surface area (Å²) in [5, 5.41) is 2.86. The van der Waals surface area contributed by atoms with E-state index in [1.165, 1.54) is 11.3 Å². The number of aryl methyl sites for hydroxylation is 1. The van der Waals surface area contributed by atoms with Crippen LogP contribution in [-0.2, 0) is 6.42 Å². The van der Waals surface area contributed by atoms with E-state index in [2.05, 4.69) is 20.9 Å². The molecular formula is C10H8BrNOS2. The van der Waals surface area contributed by atoms with Gasteiger partial charge in [0.25, 0.3) is 0 Å². The molecule has 0 aromatic carbocycles. The van der Waals surface area contributed by atoms with Crippen LogP contribution < -0.4 is 0 Å². The fourth-order valence-corrected chi connectivity index (χ4v) is 3.27. The van der Waals surface area contributed by atoms with Gasteiger partial charge in [-0.2, -0.15) is 0 Å². The van der Waals surface area contributed by atoms with Crippen LogP contribution in [-0.4, -0.2) is 10.8 Å². The van der Waals surface area contributed by atoms with Gasteiger partial charge in [0.1, 0.15) is 5.01 Å². The molecule has 0 N–H and O–H groups in total. The molecule has 15 heavy (non-hydrogen) atoms. The second-order valence-electron chi connectivity index (χ2n) is 3.09. The maximum absolute atomic E-state index is 11.8. The van der Waals surface area contributed by atoms with Crippen LogP contribution in [0.5, 0.6) is 0 Å². The van der Waals surface area contributed by atoms with Crippen LogP contribution in [0.2, 0.25) is 0 Å². The molecule has 2 nitrogen and oxygen atoms in total.